The van der Waals surface area contributed by atoms with Crippen molar-refractivity contribution in [1.82, 2.24) is 10.3 Å². The third-order valence-corrected chi connectivity index (χ3v) is 3.83. The van der Waals surface area contributed by atoms with E-state index in [9.17, 15) is 0 Å². The molecule has 0 radical (unpaired) electrons. The molecule has 0 saturated heterocycles. The number of hydrogen-bond acceptors (Lipinski definition) is 3. The van der Waals surface area contributed by atoms with Crippen molar-refractivity contribution in [2.24, 2.45) is 0 Å². The topological polar surface area (TPSA) is 34.2 Å². The van der Waals surface area contributed by atoms with E-state index in [1.54, 1.807) is 13.3 Å². The number of hydrogen-bond donors (Lipinski definition) is 1. The second kappa shape index (κ2) is 7.23. The first kappa shape index (κ1) is 15.5. The van der Waals surface area contributed by atoms with Gasteiger partial charge in [0.05, 0.1) is 13.3 Å². The second-order valence-electron chi connectivity index (χ2n) is 5.39. The fourth-order valence-corrected chi connectivity index (χ4v) is 2.46. The van der Waals surface area contributed by atoms with E-state index in [4.69, 9.17) is 4.74 Å². The zero-order valence-corrected chi connectivity index (χ0v) is 13.3. The van der Waals surface area contributed by atoms with Crippen LogP contribution in [0.1, 0.15) is 35.2 Å². The Hall–Kier alpha value is -1.87. The van der Waals surface area contributed by atoms with E-state index in [-0.39, 0.29) is 6.04 Å². The van der Waals surface area contributed by atoms with Gasteiger partial charge in [0.2, 0.25) is 0 Å². The summed E-state index contributed by atoms with van der Waals surface area (Å²) in [6.45, 7) is 7.36. The molecule has 0 aliphatic heterocycles. The lowest BCUT2D eigenvalue weighted by molar-refractivity contribution is 0.410. The van der Waals surface area contributed by atoms with Gasteiger partial charge in [-0.2, -0.15) is 0 Å². The lowest BCUT2D eigenvalue weighted by Gasteiger charge is -2.19. The number of methoxy groups -OCH3 is 1. The number of nitrogens with zero attached hydrogens (tertiary/aromatic N) is 1. The number of likely N-dealkylation sites (N-methyl/N-ethyl adjacent to an activating group) is 1. The number of benzene rings is 1. The molecule has 1 aromatic heterocycles. The summed E-state index contributed by atoms with van der Waals surface area (Å²) in [5, 5.41) is 3.54. The summed E-state index contributed by atoms with van der Waals surface area (Å²) >= 11 is 0. The van der Waals surface area contributed by atoms with Gasteiger partial charge in [0.1, 0.15) is 5.75 Å². The van der Waals surface area contributed by atoms with Crippen molar-refractivity contribution >= 4 is 0 Å². The summed E-state index contributed by atoms with van der Waals surface area (Å²) in [5.74, 6) is 0.801. The third kappa shape index (κ3) is 4.05. The fourth-order valence-electron chi connectivity index (χ4n) is 2.46. The van der Waals surface area contributed by atoms with E-state index in [1.165, 1.54) is 16.7 Å². The zero-order chi connectivity index (χ0) is 15.2. The molecule has 0 saturated carbocycles. The molecule has 2 rings (SSSR count). The molecule has 1 aromatic carbocycles. The van der Waals surface area contributed by atoms with E-state index >= 15 is 0 Å². The van der Waals surface area contributed by atoms with Crippen LogP contribution in [0.15, 0.2) is 36.7 Å². The van der Waals surface area contributed by atoms with E-state index in [2.05, 4.69) is 55.3 Å². The first-order chi connectivity index (χ1) is 10.1. The van der Waals surface area contributed by atoms with Gasteiger partial charge < -0.3 is 10.1 Å². The summed E-state index contributed by atoms with van der Waals surface area (Å²) in [4.78, 5) is 4.27. The van der Waals surface area contributed by atoms with Crippen molar-refractivity contribution < 1.29 is 4.74 Å². The molecule has 1 N–H and O–H groups in total. The van der Waals surface area contributed by atoms with Crippen LogP contribution < -0.4 is 10.1 Å². The number of aromatic nitrogens is 1. The average molecular weight is 284 g/mol. The molecule has 2 aromatic rings. The minimum Gasteiger partial charge on any atom is -0.495 e. The quantitative estimate of drug-likeness (QED) is 0.880. The predicted octanol–water partition coefficient (Wildman–Crippen LogP) is 3.60. The standard InChI is InChI=1S/C18H24N2O/c1-5-20-18(16-10-17(21-4)12-19-11-16)9-15-7-6-13(2)14(3)8-15/h6-8,10-12,18,20H,5,9H2,1-4H3. The van der Waals surface area contributed by atoms with E-state index in [0.29, 0.717) is 0 Å². The Bertz CT molecular complexity index is 596. The molecule has 0 amide bonds. The molecular formula is C18H24N2O. The number of nitrogens with one attached hydrogen (secondary N) is 1. The Morgan fingerprint density at radius 3 is 2.62 bits per heavy atom. The van der Waals surface area contributed by atoms with Gasteiger partial charge >= 0.3 is 0 Å². The van der Waals surface area contributed by atoms with E-state index in [1.807, 2.05) is 6.20 Å². The van der Waals surface area contributed by atoms with E-state index in [0.717, 1.165) is 24.3 Å². The molecule has 112 valence electrons. The Morgan fingerprint density at radius 1 is 1.14 bits per heavy atom. The number of aryl methyl sites for hydroxylation is 2. The molecule has 1 atom stereocenters. The van der Waals surface area contributed by atoms with Crippen molar-refractivity contribution in [2.45, 2.75) is 33.2 Å². The summed E-state index contributed by atoms with van der Waals surface area (Å²) in [6.07, 6.45) is 4.60. The zero-order valence-electron chi connectivity index (χ0n) is 13.3. The Morgan fingerprint density at radius 2 is 1.95 bits per heavy atom. The smallest absolute Gasteiger partial charge is 0.137 e. The number of ether oxygens (including phenoxy) is 1. The molecule has 0 aliphatic rings. The lowest BCUT2D eigenvalue weighted by atomic mass is 9.97. The Balaban J connectivity index is 2.23. The normalized spacial score (nSPS) is 12.2. The van der Waals surface area contributed by atoms with Gasteiger partial charge in [0.25, 0.3) is 0 Å². The van der Waals surface area contributed by atoms with Gasteiger partial charge in [0.15, 0.2) is 0 Å². The van der Waals surface area contributed by atoms with Crippen LogP contribution in [0, 0.1) is 13.8 Å². The Labute approximate surface area is 127 Å². The summed E-state index contributed by atoms with van der Waals surface area (Å²) in [6, 6.07) is 8.98. The van der Waals surface area contributed by atoms with Crippen molar-refractivity contribution in [2.75, 3.05) is 13.7 Å². The van der Waals surface area contributed by atoms with Gasteiger partial charge in [-0.15, -0.1) is 0 Å². The molecule has 0 spiro atoms. The molecule has 1 unspecified atom stereocenters. The molecule has 3 nitrogen and oxygen atoms in total. The largest absolute Gasteiger partial charge is 0.495 e. The summed E-state index contributed by atoms with van der Waals surface area (Å²) < 4.78 is 5.28. The lowest BCUT2D eigenvalue weighted by Crippen LogP contribution is -2.23. The van der Waals surface area contributed by atoms with Crippen molar-refractivity contribution in [1.29, 1.82) is 0 Å². The SMILES string of the molecule is CCNC(Cc1ccc(C)c(C)c1)c1cncc(OC)c1. The predicted molar refractivity (Wildman–Crippen MR) is 86.8 cm³/mol. The Kier molecular flexibility index (Phi) is 5.34. The van der Waals surface area contributed by atoms with Crippen LogP contribution in [0.5, 0.6) is 5.75 Å². The first-order valence-corrected chi connectivity index (χ1v) is 7.42. The van der Waals surface area contributed by atoms with Gasteiger partial charge in [-0.3, -0.25) is 4.98 Å². The van der Waals surface area contributed by atoms with Gasteiger partial charge in [0, 0.05) is 12.2 Å². The highest BCUT2D eigenvalue weighted by atomic mass is 16.5. The fraction of sp³-hybridized carbons (Fsp3) is 0.389. The molecular weight excluding hydrogens is 260 g/mol. The maximum absolute atomic E-state index is 5.28. The van der Waals surface area contributed by atoms with Crippen molar-refractivity contribution in [3.8, 4) is 5.75 Å². The average Bonchev–Trinajstić information content (AvgIpc) is 2.50. The van der Waals surface area contributed by atoms with Crippen LogP contribution in [0.3, 0.4) is 0 Å². The number of rotatable bonds is 6. The van der Waals surface area contributed by atoms with Crippen LogP contribution in [0.4, 0.5) is 0 Å². The summed E-state index contributed by atoms with van der Waals surface area (Å²) in [7, 11) is 1.67. The molecule has 0 aliphatic carbocycles. The minimum atomic E-state index is 0.250. The molecule has 0 fully saturated rings. The minimum absolute atomic E-state index is 0.250. The van der Waals surface area contributed by atoms with E-state index < -0.39 is 0 Å². The second-order valence-corrected chi connectivity index (χ2v) is 5.39. The van der Waals surface area contributed by atoms with Crippen LogP contribution in [-0.4, -0.2) is 18.6 Å². The molecule has 21 heavy (non-hydrogen) atoms. The van der Waals surface area contributed by atoms with Crippen LogP contribution in [-0.2, 0) is 6.42 Å². The molecule has 1 heterocycles. The van der Waals surface area contributed by atoms with Gasteiger partial charge in [-0.1, -0.05) is 25.1 Å². The van der Waals surface area contributed by atoms with Crippen molar-refractivity contribution in [3.63, 3.8) is 0 Å². The number of pyridine rings is 1. The first-order valence-electron chi connectivity index (χ1n) is 7.42. The van der Waals surface area contributed by atoms with Gasteiger partial charge in [-0.05, 0) is 55.1 Å². The van der Waals surface area contributed by atoms with Crippen LogP contribution in [0.2, 0.25) is 0 Å². The van der Waals surface area contributed by atoms with Crippen LogP contribution in [0.25, 0.3) is 0 Å². The summed E-state index contributed by atoms with van der Waals surface area (Å²) in [5.41, 5.74) is 5.18. The van der Waals surface area contributed by atoms with Crippen LogP contribution >= 0.6 is 0 Å². The van der Waals surface area contributed by atoms with Gasteiger partial charge in [-0.25, -0.2) is 0 Å². The third-order valence-electron chi connectivity index (χ3n) is 3.83. The highest BCUT2D eigenvalue weighted by Gasteiger charge is 2.13. The highest BCUT2D eigenvalue weighted by molar-refractivity contribution is 5.32. The maximum Gasteiger partial charge on any atom is 0.137 e. The maximum atomic E-state index is 5.28. The highest BCUT2D eigenvalue weighted by Crippen LogP contribution is 2.22. The van der Waals surface area contributed by atoms with Crippen molar-refractivity contribution in [3.05, 3.63) is 58.9 Å². The molecule has 0 bridgehead atoms. The monoisotopic (exact) mass is 284 g/mol. The molecule has 3 heteroatoms.